The standard InChI is InChI=1S/C14H18N2O2/c1-14(2,7-8-15)16-13(17)12-9-10-5-3-4-6-11(10)18-12/h3-6,9H,7-8,15H2,1-2H3,(H,16,17). The molecule has 18 heavy (non-hydrogen) atoms. The Bertz CT molecular complexity index is 525. The van der Waals surface area contributed by atoms with Gasteiger partial charge in [-0.2, -0.15) is 0 Å². The third kappa shape index (κ3) is 2.71. The molecule has 1 heterocycles. The number of fused-ring (bicyclic) bond motifs is 1. The zero-order valence-corrected chi connectivity index (χ0v) is 10.7. The Balaban J connectivity index is 2.18. The summed E-state index contributed by atoms with van der Waals surface area (Å²) in [5.74, 6) is 0.131. The molecule has 4 heteroatoms. The highest BCUT2D eigenvalue weighted by molar-refractivity contribution is 5.96. The van der Waals surface area contributed by atoms with E-state index in [-0.39, 0.29) is 11.4 Å². The van der Waals surface area contributed by atoms with Crippen LogP contribution in [0.3, 0.4) is 0 Å². The zero-order chi connectivity index (χ0) is 13.2. The maximum Gasteiger partial charge on any atom is 0.287 e. The fraction of sp³-hybridized carbons (Fsp3) is 0.357. The van der Waals surface area contributed by atoms with Crippen molar-refractivity contribution < 1.29 is 9.21 Å². The Morgan fingerprint density at radius 2 is 2.11 bits per heavy atom. The first-order valence-corrected chi connectivity index (χ1v) is 6.03. The van der Waals surface area contributed by atoms with Gasteiger partial charge in [-0.05, 0) is 38.9 Å². The highest BCUT2D eigenvalue weighted by Gasteiger charge is 2.22. The van der Waals surface area contributed by atoms with Crippen molar-refractivity contribution in [3.8, 4) is 0 Å². The molecule has 2 rings (SSSR count). The first kappa shape index (κ1) is 12.6. The number of para-hydroxylation sites is 1. The van der Waals surface area contributed by atoms with Gasteiger partial charge in [-0.3, -0.25) is 4.79 Å². The van der Waals surface area contributed by atoms with E-state index in [4.69, 9.17) is 10.2 Å². The molecule has 0 fully saturated rings. The van der Waals surface area contributed by atoms with E-state index in [0.29, 0.717) is 12.3 Å². The second-order valence-corrected chi connectivity index (χ2v) is 5.03. The number of nitrogens with one attached hydrogen (secondary N) is 1. The van der Waals surface area contributed by atoms with E-state index < -0.39 is 0 Å². The van der Waals surface area contributed by atoms with Crippen LogP contribution in [0.5, 0.6) is 0 Å². The van der Waals surface area contributed by atoms with Gasteiger partial charge in [0.2, 0.25) is 0 Å². The summed E-state index contributed by atoms with van der Waals surface area (Å²) in [5, 5.41) is 3.85. The SMILES string of the molecule is CC(C)(CCN)NC(=O)c1cc2ccccc2o1. The average molecular weight is 246 g/mol. The van der Waals surface area contributed by atoms with Gasteiger partial charge in [0.1, 0.15) is 5.58 Å². The lowest BCUT2D eigenvalue weighted by Crippen LogP contribution is -2.44. The molecule has 0 aliphatic heterocycles. The van der Waals surface area contributed by atoms with Crippen LogP contribution in [0.15, 0.2) is 34.7 Å². The van der Waals surface area contributed by atoms with Crippen molar-refractivity contribution in [3.63, 3.8) is 0 Å². The number of hydrogen-bond acceptors (Lipinski definition) is 3. The molecule has 96 valence electrons. The Kier molecular flexibility index (Phi) is 3.39. The monoisotopic (exact) mass is 246 g/mol. The lowest BCUT2D eigenvalue weighted by atomic mass is 10.0. The predicted octanol–water partition coefficient (Wildman–Crippen LogP) is 2.29. The molecule has 0 atom stereocenters. The van der Waals surface area contributed by atoms with Gasteiger partial charge in [-0.25, -0.2) is 0 Å². The number of carbonyl (C=O) groups is 1. The number of benzene rings is 1. The van der Waals surface area contributed by atoms with Gasteiger partial charge in [0.25, 0.3) is 5.91 Å². The molecule has 1 aromatic heterocycles. The normalized spacial score (nSPS) is 11.7. The minimum atomic E-state index is -0.329. The van der Waals surface area contributed by atoms with E-state index in [1.807, 2.05) is 38.1 Å². The van der Waals surface area contributed by atoms with E-state index in [1.165, 1.54) is 0 Å². The Morgan fingerprint density at radius 3 is 2.78 bits per heavy atom. The molecule has 0 unspecified atom stereocenters. The number of rotatable bonds is 4. The van der Waals surface area contributed by atoms with Gasteiger partial charge in [0, 0.05) is 10.9 Å². The molecule has 0 saturated carbocycles. The largest absolute Gasteiger partial charge is 0.451 e. The average Bonchev–Trinajstić information content (AvgIpc) is 2.71. The summed E-state index contributed by atoms with van der Waals surface area (Å²) in [6.45, 7) is 4.42. The molecule has 2 aromatic rings. The Labute approximate surface area is 106 Å². The predicted molar refractivity (Wildman–Crippen MR) is 71.4 cm³/mol. The first-order chi connectivity index (χ1) is 8.52. The maximum absolute atomic E-state index is 12.1. The highest BCUT2D eigenvalue weighted by atomic mass is 16.3. The van der Waals surface area contributed by atoms with Crippen molar-refractivity contribution in [1.29, 1.82) is 0 Å². The fourth-order valence-electron chi connectivity index (χ4n) is 1.89. The number of amides is 1. The molecule has 1 aromatic carbocycles. The van der Waals surface area contributed by atoms with E-state index in [9.17, 15) is 4.79 Å². The third-order valence-corrected chi connectivity index (χ3v) is 2.87. The van der Waals surface area contributed by atoms with Crippen LogP contribution in [-0.2, 0) is 0 Å². The van der Waals surface area contributed by atoms with Crippen LogP contribution in [0.4, 0.5) is 0 Å². The number of carbonyl (C=O) groups excluding carboxylic acids is 1. The van der Waals surface area contributed by atoms with E-state index in [0.717, 1.165) is 17.4 Å². The second kappa shape index (κ2) is 4.82. The van der Waals surface area contributed by atoms with Crippen LogP contribution in [0, 0.1) is 0 Å². The molecule has 1 amide bonds. The van der Waals surface area contributed by atoms with Crippen LogP contribution < -0.4 is 11.1 Å². The zero-order valence-electron chi connectivity index (χ0n) is 10.7. The summed E-state index contributed by atoms with van der Waals surface area (Å²) in [6.07, 6.45) is 0.721. The minimum Gasteiger partial charge on any atom is -0.451 e. The molecule has 3 N–H and O–H groups in total. The molecular formula is C14H18N2O2. The first-order valence-electron chi connectivity index (χ1n) is 6.03. The number of furan rings is 1. The smallest absolute Gasteiger partial charge is 0.287 e. The van der Waals surface area contributed by atoms with Crippen LogP contribution in [-0.4, -0.2) is 18.0 Å². The van der Waals surface area contributed by atoms with Crippen LogP contribution in [0.1, 0.15) is 30.8 Å². The third-order valence-electron chi connectivity index (χ3n) is 2.87. The number of hydrogen-bond donors (Lipinski definition) is 2. The molecular weight excluding hydrogens is 228 g/mol. The van der Waals surface area contributed by atoms with E-state index >= 15 is 0 Å². The van der Waals surface area contributed by atoms with Crippen LogP contribution in [0.2, 0.25) is 0 Å². The molecule has 0 radical (unpaired) electrons. The van der Waals surface area contributed by atoms with Crippen molar-refractivity contribution in [2.75, 3.05) is 6.54 Å². The Hall–Kier alpha value is -1.81. The molecule has 4 nitrogen and oxygen atoms in total. The van der Waals surface area contributed by atoms with Crippen molar-refractivity contribution in [1.82, 2.24) is 5.32 Å². The topological polar surface area (TPSA) is 68.3 Å². The van der Waals surface area contributed by atoms with Gasteiger partial charge in [-0.1, -0.05) is 18.2 Å². The Morgan fingerprint density at radius 1 is 1.39 bits per heavy atom. The van der Waals surface area contributed by atoms with Gasteiger partial charge >= 0.3 is 0 Å². The summed E-state index contributed by atoms with van der Waals surface area (Å²) >= 11 is 0. The van der Waals surface area contributed by atoms with Crippen molar-refractivity contribution >= 4 is 16.9 Å². The van der Waals surface area contributed by atoms with Gasteiger partial charge in [0.15, 0.2) is 5.76 Å². The number of nitrogens with two attached hydrogens (primary N) is 1. The highest BCUT2D eigenvalue weighted by Crippen LogP contribution is 2.19. The van der Waals surface area contributed by atoms with Crippen LogP contribution >= 0.6 is 0 Å². The lowest BCUT2D eigenvalue weighted by Gasteiger charge is -2.24. The van der Waals surface area contributed by atoms with Crippen molar-refractivity contribution in [2.24, 2.45) is 5.73 Å². The van der Waals surface area contributed by atoms with Crippen molar-refractivity contribution in [2.45, 2.75) is 25.8 Å². The molecule has 0 saturated heterocycles. The summed E-state index contributed by atoms with van der Waals surface area (Å²) in [4.78, 5) is 12.1. The van der Waals surface area contributed by atoms with Gasteiger partial charge < -0.3 is 15.5 Å². The van der Waals surface area contributed by atoms with Gasteiger partial charge in [0.05, 0.1) is 0 Å². The molecule has 0 bridgehead atoms. The maximum atomic E-state index is 12.1. The van der Waals surface area contributed by atoms with Crippen molar-refractivity contribution in [3.05, 3.63) is 36.1 Å². The van der Waals surface area contributed by atoms with Crippen LogP contribution in [0.25, 0.3) is 11.0 Å². The summed E-state index contributed by atoms with van der Waals surface area (Å²) < 4.78 is 5.51. The van der Waals surface area contributed by atoms with E-state index in [2.05, 4.69) is 5.32 Å². The van der Waals surface area contributed by atoms with Gasteiger partial charge in [-0.15, -0.1) is 0 Å². The second-order valence-electron chi connectivity index (χ2n) is 5.03. The molecule has 0 aliphatic carbocycles. The fourth-order valence-corrected chi connectivity index (χ4v) is 1.89. The molecule has 0 spiro atoms. The lowest BCUT2D eigenvalue weighted by molar-refractivity contribution is 0.0884. The summed E-state index contributed by atoms with van der Waals surface area (Å²) in [6, 6.07) is 9.31. The molecule has 0 aliphatic rings. The quantitative estimate of drug-likeness (QED) is 0.869. The summed E-state index contributed by atoms with van der Waals surface area (Å²) in [7, 11) is 0. The minimum absolute atomic E-state index is 0.204. The summed E-state index contributed by atoms with van der Waals surface area (Å²) in [5.41, 5.74) is 5.91. The van der Waals surface area contributed by atoms with E-state index in [1.54, 1.807) is 6.07 Å².